The number of amides is 2. The first kappa shape index (κ1) is 25.3. The Bertz CT molecular complexity index is 1250. The molecular weight excluding hydrogens is 487 g/mol. The Kier molecular flexibility index (Phi) is 7.02. The van der Waals surface area contributed by atoms with Gasteiger partial charge in [-0.25, -0.2) is 4.39 Å². The average molecular weight is 515 g/mol. The molecule has 0 aliphatic carbocycles. The zero-order valence-electron chi connectivity index (χ0n) is 20.4. The van der Waals surface area contributed by atoms with Gasteiger partial charge in [0.25, 0.3) is 11.1 Å². The monoisotopic (exact) mass is 514 g/mol. The fourth-order valence-corrected chi connectivity index (χ4v) is 5.71. The predicted molar refractivity (Wildman–Crippen MR) is 141 cm³/mol. The summed E-state index contributed by atoms with van der Waals surface area (Å²) in [7, 11) is 1.59. The summed E-state index contributed by atoms with van der Waals surface area (Å²) in [4.78, 5) is 29.4. The third-order valence-electron chi connectivity index (χ3n) is 6.31. The molecule has 8 heteroatoms. The van der Waals surface area contributed by atoms with Gasteiger partial charge in [-0.15, -0.1) is 0 Å². The first-order valence-corrected chi connectivity index (χ1v) is 12.6. The van der Waals surface area contributed by atoms with Gasteiger partial charge < -0.3 is 9.64 Å². The lowest BCUT2D eigenvalue weighted by Gasteiger charge is -2.43. The molecule has 5 nitrogen and oxygen atoms in total. The van der Waals surface area contributed by atoms with E-state index < -0.39 is 17.0 Å². The summed E-state index contributed by atoms with van der Waals surface area (Å²) < 4.78 is 19.9. The van der Waals surface area contributed by atoms with Gasteiger partial charge in [-0.05, 0) is 68.8 Å². The molecule has 184 valence electrons. The summed E-state index contributed by atoms with van der Waals surface area (Å²) >= 11 is 6.93. The van der Waals surface area contributed by atoms with Crippen molar-refractivity contribution >= 4 is 51.8 Å². The number of carbonyl (C=O) groups excluding carboxylic acids is 2. The summed E-state index contributed by atoms with van der Waals surface area (Å²) in [6.45, 7) is 9.27. The number of allylic oxidation sites excluding steroid dienone is 1. The van der Waals surface area contributed by atoms with E-state index in [0.29, 0.717) is 11.3 Å². The number of anilines is 1. The standard InChI is InChI=1S/C27H28ClFN2O3S/c1-6-10-31-22-13-23(34-5)17(11-18(22)16(2)14-27(31,3)4)12-24-25(32)30(26(33)35-24)15-19-20(28)8-7-9-21(19)29/h7-9,11-14H,6,10,15H2,1-5H3/b24-12+. The van der Waals surface area contributed by atoms with Crippen LogP contribution in [-0.2, 0) is 11.3 Å². The maximum absolute atomic E-state index is 14.3. The molecule has 2 aliphatic heterocycles. The fraction of sp³-hybridized carbons (Fsp3) is 0.333. The van der Waals surface area contributed by atoms with Crippen molar-refractivity contribution in [1.82, 2.24) is 4.90 Å². The van der Waals surface area contributed by atoms with Gasteiger partial charge in [-0.3, -0.25) is 14.5 Å². The van der Waals surface area contributed by atoms with Crippen molar-refractivity contribution in [1.29, 1.82) is 0 Å². The van der Waals surface area contributed by atoms with E-state index in [1.807, 2.05) is 12.1 Å². The topological polar surface area (TPSA) is 49.9 Å². The van der Waals surface area contributed by atoms with Gasteiger partial charge in [0.2, 0.25) is 0 Å². The van der Waals surface area contributed by atoms with Gasteiger partial charge in [0.1, 0.15) is 11.6 Å². The summed E-state index contributed by atoms with van der Waals surface area (Å²) in [5.74, 6) is -0.432. The molecule has 0 atom stereocenters. The zero-order valence-corrected chi connectivity index (χ0v) is 22.0. The van der Waals surface area contributed by atoms with Crippen LogP contribution < -0.4 is 9.64 Å². The van der Waals surface area contributed by atoms with Crippen LogP contribution in [0, 0.1) is 5.82 Å². The lowest BCUT2D eigenvalue weighted by molar-refractivity contribution is -0.123. The molecule has 0 aromatic heterocycles. The molecule has 35 heavy (non-hydrogen) atoms. The van der Waals surface area contributed by atoms with Crippen LogP contribution in [0.15, 0.2) is 41.3 Å². The third kappa shape index (κ3) is 4.71. The minimum absolute atomic E-state index is 0.114. The number of halogens is 2. The Balaban J connectivity index is 1.71. The second-order valence-corrected chi connectivity index (χ2v) is 10.6. The molecule has 2 heterocycles. The van der Waals surface area contributed by atoms with Crippen molar-refractivity contribution in [3.8, 4) is 5.75 Å². The molecule has 0 unspecified atom stereocenters. The highest BCUT2D eigenvalue weighted by Gasteiger charge is 2.37. The molecule has 0 saturated carbocycles. The number of fused-ring (bicyclic) bond motifs is 1. The zero-order chi connectivity index (χ0) is 25.5. The fourth-order valence-electron chi connectivity index (χ4n) is 4.66. The highest BCUT2D eigenvalue weighted by molar-refractivity contribution is 8.18. The molecule has 1 fully saturated rings. The number of thioether (sulfide) groups is 1. The van der Waals surface area contributed by atoms with Crippen LogP contribution in [-0.4, -0.2) is 35.2 Å². The summed E-state index contributed by atoms with van der Waals surface area (Å²) in [5.41, 5.74) is 3.94. The summed E-state index contributed by atoms with van der Waals surface area (Å²) in [6, 6.07) is 8.27. The van der Waals surface area contributed by atoms with E-state index in [1.54, 1.807) is 13.2 Å². The molecular formula is C27H28ClFN2O3S. The van der Waals surface area contributed by atoms with E-state index in [-0.39, 0.29) is 27.6 Å². The molecule has 0 N–H and O–H groups in total. The van der Waals surface area contributed by atoms with Crippen molar-refractivity contribution in [2.45, 2.75) is 46.2 Å². The van der Waals surface area contributed by atoms with Gasteiger partial charge >= 0.3 is 0 Å². The lowest BCUT2D eigenvalue weighted by atomic mass is 9.87. The Morgan fingerprint density at radius 1 is 1.23 bits per heavy atom. The van der Waals surface area contributed by atoms with Gasteiger partial charge in [-0.1, -0.05) is 30.7 Å². The number of imide groups is 1. The van der Waals surface area contributed by atoms with Crippen molar-refractivity contribution in [3.05, 3.63) is 68.8 Å². The number of nitrogens with zero attached hydrogens (tertiary/aromatic N) is 2. The van der Waals surface area contributed by atoms with Crippen molar-refractivity contribution in [2.75, 3.05) is 18.6 Å². The van der Waals surface area contributed by atoms with E-state index in [0.717, 1.165) is 46.5 Å². The van der Waals surface area contributed by atoms with Crippen LogP contribution in [0.5, 0.6) is 5.75 Å². The lowest BCUT2D eigenvalue weighted by Crippen LogP contribution is -2.45. The normalized spacial score (nSPS) is 18.3. The molecule has 2 aromatic rings. The number of hydrogen-bond acceptors (Lipinski definition) is 5. The van der Waals surface area contributed by atoms with Crippen molar-refractivity contribution in [3.63, 3.8) is 0 Å². The summed E-state index contributed by atoms with van der Waals surface area (Å²) in [5, 5.41) is -0.296. The highest BCUT2D eigenvalue weighted by atomic mass is 35.5. The van der Waals surface area contributed by atoms with Crippen LogP contribution in [0.25, 0.3) is 11.6 Å². The SMILES string of the molecule is CCCN1c2cc(OC)c(/C=C3/SC(=O)N(Cc4c(F)cccc4Cl)C3=O)cc2C(C)=CC1(C)C. The molecule has 2 aliphatic rings. The van der Waals surface area contributed by atoms with Crippen molar-refractivity contribution < 1.29 is 18.7 Å². The number of rotatable bonds is 6. The second kappa shape index (κ2) is 9.70. The smallest absolute Gasteiger partial charge is 0.293 e. The first-order valence-electron chi connectivity index (χ1n) is 11.4. The Morgan fingerprint density at radius 2 is 1.97 bits per heavy atom. The predicted octanol–water partition coefficient (Wildman–Crippen LogP) is 7.14. The highest BCUT2D eigenvalue weighted by Crippen LogP contribution is 2.44. The van der Waals surface area contributed by atoms with Gasteiger partial charge in [0, 0.05) is 40.0 Å². The molecule has 0 bridgehead atoms. The van der Waals surface area contributed by atoms with Gasteiger partial charge in [0.05, 0.1) is 24.1 Å². The Hall–Kier alpha value is -2.77. The van der Waals surface area contributed by atoms with Crippen molar-refractivity contribution in [2.24, 2.45) is 0 Å². The number of hydrogen-bond donors (Lipinski definition) is 0. The van der Waals surface area contributed by atoms with Crippen LogP contribution in [0.3, 0.4) is 0 Å². The Morgan fingerprint density at radius 3 is 2.63 bits per heavy atom. The largest absolute Gasteiger partial charge is 0.496 e. The molecule has 0 radical (unpaired) electrons. The Labute approximate surface area is 214 Å². The number of carbonyl (C=O) groups is 2. The molecule has 1 saturated heterocycles. The molecule has 4 rings (SSSR count). The number of methoxy groups -OCH3 is 1. The van der Waals surface area contributed by atoms with E-state index >= 15 is 0 Å². The number of ether oxygens (including phenoxy) is 1. The quantitative estimate of drug-likeness (QED) is 0.383. The maximum atomic E-state index is 14.3. The number of benzene rings is 2. The van der Waals surface area contributed by atoms with E-state index in [9.17, 15) is 14.0 Å². The van der Waals surface area contributed by atoms with E-state index in [4.69, 9.17) is 16.3 Å². The molecule has 0 spiro atoms. The second-order valence-electron chi connectivity index (χ2n) is 9.21. The van der Waals surface area contributed by atoms with Crippen LogP contribution in [0.1, 0.15) is 50.8 Å². The average Bonchev–Trinajstić information content (AvgIpc) is 3.05. The first-order chi connectivity index (χ1) is 16.6. The maximum Gasteiger partial charge on any atom is 0.293 e. The van der Waals surface area contributed by atoms with Crippen LogP contribution in [0.4, 0.5) is 14.9 Å². The van der Waals surface area contributed by atoms with Gasteiger partial charge in [0.15, 0.2) is 0 Å². The third-order valence-corrected chi connectivity index (χ3v) is 7.58. The van der Waals surface area contributed by atoms with E-state index in [2.05, 4.69) is 38.7 Å². The van der Waals surface area contributed by atoms with Gasteiger partial charge in [-0.2, -0.15) is 0 Å². The van der Waals surface area contributed by atoms with Crippen LogP contribution >= 0.6 is 23.4 Å². The summed E-state index contributed by atoms with van der Waals surface area (Å²) in [6.07, 6.45) is 4.91. The minimum Gasteiger partial charge on any atom is -0.496 e. The van der Waals surface area contributed by atoms with E-state index in [1.165, 1.54) is 18.2 Å². The molecule has 2 amide bonds. The van der Waals surface area contributed by atoms with Crippen LogP contribution in [0.2, 0.25) is 5.02 Å². The molecule has 2 aromatic carbocycles. The minimum atomic E-state index is -0.557.